The van der Waals surface area contributed by atoms with Crippen LogP contribution in [0.15, 0.2) is 4.52 Å². The van der Waals surface area contributed by atoms with E-state index in [4.69, 9.17) is 9.26 Å². The summed E-state index contributed by atoms with van der Waals surface area (Å²) in [6.07, 6.45) is 0.817. The molecule has 0 amide bonds. The van der Waals surface area contributed by atoms with E-state index in [0.717, 1.165) is 0 Å². The summed E-state index contributed by atoms with van der Waals surface area (Å²) in [5, 5.41) is 3.69. The number of methoxy groups -OCH3 is 1. The number of rotatable bonds is 5. The maximum atomic E-state index is 10.7. The third-order valence-electron chi connectivity index (χ3n) is 1.44. The van der Waals surface area contributed by atoms with Gasteiger partial charge >= 0.3 is 0 Å². The third kappa shape index (κ3) is 3.33. The Kier molecular flexibility index (Phi) is 3.57. The van der Waals surface area contributed by atoms with E-state index in [2.05, 4.69) is 10.1 Å². The van der Waals surface area contributed by atoms with E-state index in [-0.39, 0.29) is 12.2 Å². The minimum atomic E-state index is 0.0157. The van der Waals surface area contributed by atoms with Crippen LogP contribution in [0, 0.1) is 0 Å². The van der Waals surface area contributed by atoms with Gasteiger partial charge in [0.05, 0.1) is 13.0 Å². The van der Waals surface area contributed by atoms with Crippen LogP contribution in [0.25, 0.3) is 0 Å². The Hall–Kier alpha value is -1.23. The average Bonchev–Trinajstić information content (AvgIpc) is 2.48. The maximum Gasteiger partial charge on any atom is 0.234 e. The lowest BCUT2D eigenvalue weighted by atomic mass is 10.3. The van der Waals surface area contributed by atoms with Crippen LogP contribution in [0.2, 0.25) is 0 Å². The summed E-state index contributed by atoms with van der Waals surface area (Å²) < 4.78 is 9.68. The first kappa shape index (κ1) is 9.85. The lowest BCUT2D eigenvalue weighted by molar-refractivity contribution is -0.116. The van der Waals surface area contributed by atoms with Gasteiger partial charge in [0.25, 0.3) is 0 Å². The van der Waals surface area contributed by atoms with Gasteiger partial charge in [-0.1, -0.05) is 5.16 Å². The zero-order valence-corrected chi connectivity index (χ0v) is 7.74. The van der Waals surface area contributed by atoms with E-state index in [1.807, 2.05) is 0 Å². The zero-order chi connectivity index (χ0) is 9.68. The van der Waals surface area contributed by atoms with Crippen LogP contribution in [0.3, 0.4) is 0 Å². The number of carbonyl (C=O) groups excluding carboxylic acids is 1. The average molecular weight is 184 g/mol. The Balaban J connectivity index is 2.48. The van der Waals surface area contributed by atoms with Crippen molar-refractivity contribution in [2.45, 2.75) is 19.8 Å². The van der Waals surface area contributed by atoms with Crippen LogP contribution in [-0.4, -0.2) is 29.6 Å². The summed E-state index contributed by atoms with van der Waals surface area (Å²) in [6.45, 7) is 2.04. The second kappa shape index (κ2) is 4.71. The van der Waals surface area contributed by atoms with Crippen LogP contribution < -0.4 is 0 Å². The largest absolute Gasteiger partial charge is 0.384 e. The highest BCUT2D eigenvalue weighted by molar-refractivity contribution is 5.77. The molecule has 5 nitrogen and oxygen atoms in total. The molecule has 0 aliphatic heterocycles. The summed E-state index contributed by atoms with van der Waals surface area (Å²) in [6, 6.07) is 0. The highest BCUT2D eigenvalue weighted by atomic mass is 16.5. The summed E-state index contributed by atoms with van der Waals surface area (Å²) in [7, 11) is 1.61. The fourth-order valence-electron chi connectivity index (χ4n) is 0.870. The molecule has 0 N–H and O–H groups in total. The third-order valence-corrected chi connectivity index (χ3v) is 1.44. The second-order valence-electron chi connectivity index (χ2n) is 2.73. The molecule has 0 saturated carbocycles. The number of hydrogen-bond donors (Lipinski definition) is 0. The van der Waals surface area contributed by atoms with Crippen LogP contribution in [-0.2, 0) is 22.4 Å². The number of carbonyl (C=O) groups is 1. The van der Waals surface area contributed by atoms with Crippen LogP contribution in [0.4, 0.5) is 0 Å². The SMILES string of the molecule is COCCc1noc(CC(C)=O)n1. The molecule has 1 aromatic rings. The van der Waals surface area contributed by atoms with Gasteiger partial charge in [0, 0.05) is 13.5 Å². The van der Waals surface area contributed by atoms with Crippen molar-refractivity contribution < 1.29 is 14.1 Å². The Morgan fingerprint density at radius 2 is 2.38 bits per heavy atom. The molecule has 0 unspecified atom stereocenters. The molecule has 1 aromatic heterocycles. The zero-order valence-electron chi connectivity index (χ0n) is 7.74. The highest BCUT2D eigenvalue weighted by Gasteiger charge is 2.07. The van der Waals surface area contributed by atoms with Crippen molar-refractivity contribution in [2.75, 3.05) is 13.7 Å². The molecule has 13 heavy (non-hydrogen) atoms. The fraction of sp³-hybridized carbons (Fsp3) is 0.625. The first-order valence-electron chi connectivity index (χ1n) is 4.02. The van der Waals surface area contributed by atoms with E-state index < -0.39 is 0 Å². The van der Waals surface area contributed by atoms with Crippen LogP contribution in [0.5, 0.6) is 0 Å². The monoisotopic (exact) mass is 184 g/mol. The van der Waals surface area contributed by atoms with Crippen LogP contribution in [0.1, 0.15) is 18.6 Å². The first-order chi connectivity index (χ1) is 6.22. The highest BCUT2D eigenvalue weighted by Crippen LogP contribution is 1.99. The van der Waals surface area contributed by atoms with Crippen molar-refractivity contribution in [3.8, 4) is 0 Å². The molecule has 0 aliphatic rings. The Morgan fingerprint density at radius 1 is 1.62 bits per heavy atom. The molecule has 0 saturated heterocycles. The fourth-order valence-corrected chi connectivity index (χ4v) is 0.870. The lowest BCUT2D eigenvalue weighted by Gasteiger charge is -1.90. The second-order valence-corrected chi connectivity index (χ2v) is 2.73. The summed E-state index contributed by atoms with van der Waals surface area (Å²) in [5.74, 6) is 0.971. The normalized spacial score (nSPS) is 10.3. The maximum absolute atomic E-state index is 10.7. The van der Waals surface area contributed by atoms with Gasteiger partial charge in [-0.25, -0.2) is 0 Å². The van der Waals surface area contributed by atoms with Gasteiger partial charge in [0.1, 0.15) is 5.78 Å². The van der Waals surface area contributed by atoms with Crippen molar-refractivity contribution >= 4 is 5.78 Å². The van der Waals surface area contributed by atoms with Gasteiger partial charge in [-0.3, -0.25) is 4.79 Å². The number of ether oxygens (including phenoxy) is 1. The predicted molar refractivity (Wildman–Crippen MR) is 44.3 cm³/mol. The van der Waals surface area contributed by atoms with Gasteiger partial charge in [0.2, 0.25) is 5.89 Å². The molecule has 0 radical (unpaired) electrons. The summed E-state index contributed by atoms with van der Waals surface area (Å²) >= 11 is 0. The minimum absolute atomic E-state index is 0.0157. The van der Waals surface area contributed by atoms with E-state index in [0.29, 0.717) is 24.7 Å². The molecule has 5 heteroatoms. The smallest absolute Gasteiger partial charge is 0.234 e. The molecule has 0 spiro atoms. The van der Waals surface area contributed by atoms with Crippen molar-refractivity contribution in [1.29, 1.82) is 0 Å². The summed E-state index contributed by atoms with van der Waals surface area (Å²) in [4.78, 5) is 14.7. The lowest BCUT2D eigenvalue weighted by Crippen LogP contribution is -1.98. The van der Waals surface area contributed by atoms with Gasteiger partial charge in [0.15, 0.2) is 5.82 Å². The minimum Gasteiger partial charge on any atom is -0.384 e. The van der Waals surface area contributed by atoms with Gasteiger partial charge in [-0.05, 0) is 6.92 Å². The molecule has 0 atom stereocenters. The van der Waals surface area contributed by atoms with Crippen molar-refractivity contribution in [1.82, 2.24) is 10.1 Å². The number of nitrogens with zero attached hydrogens (tertiary/aromatic N) is 2. The Morgan fingerprint density at radius 3 is 3.00 bits per heavy atom. The molecule has 1 rings (SSSR count). The predicted octanol–water partition coefficient (Wildman–Crippen LogP) is 0.390. The first-order valence-corrected chi connectivity index (χ1v) is 4.02. The van der Waals surface area contributed by atoms with E-state index in [1.54, 1.807) is 7.11 Å². The number of ketones is 1. The van der Waals surface area contributed by atoms with Crippen molar-refractivity contribution in [2.24, 2.45) is 0 Å². The summed E-state index contributed by atoms with van der Waals surface area (Å²) in [5.41, 5.74) is 0. The van der Waals surface area contributed by atoms with E-state index >= 15 is 0 Å². The van der Waals surface area contributed by atoms with Gasteiger partial charge in [-0.15, -0.1) is 0 Å². The van der Waals surface area contributed by atoms with Gasteiger partial charge in [-0.2, -0.15) is 4.98 Å². The number of Topliss-reactive ketones (excluding diaryl/α,β-unsaturated/α-hetero) is 1. The van der Waals surface area contributed by atoms with Gasteiger partial charge < -0.3 is 9.26 Å². The molecule has 0 aromatic carbocycles. The number of hydrogen-bond acceptors (Lipinski definition) is 5. The van der Waals surface area contributed by atoms with Crippen molar-refractivity contribution in [3.63, 3.8) is 0 Å². The Bertz CT molecular complexity index is 283. The van der Waals surface area contributed by atoms with Crippen molar-refractivity contribution in [3.05, 3.63) is 11.7 Å². The Labute approximate surface area is 76.1 Å². The molecule has 0 bridgehead atoms. The molecule has 0 fully saturated rings. The molecule has 72 valence electrons. The topological polar surface area (TPSA) is 65.2 Å². The van der Waals surface area contributed by atoms with E-state index in [1.165, 1.54) is 6.92 Å². The standard InChI is InChI=1S/C8H12N2O3/c1-6(11)5-8-9-7(10-13-8)3-4-12-2/h3-5H2,1-2H3. The molecule has 0 aliphatic carbocycles. The molecular formula is C8H12N2O3. The molecular weight excluding hydrogens is 172 g/mol. The van der Waals surface area contributed by atoms with Crippen LogP contribution >= 0.6 is 0 Å². The van der Waals surface area contributed by atoms with E-state index in [9.17, 15) is 4.79 Å². The molecule has 1 heterocycles. The quantitative estimate of drug-likeness (QED) is 0.662. The number of aromatic nitrogens is 2.